The molecule has 0 atom stereocenters. The zero-order valence-corrected chi connectivity index (χ0v) is 19.3. The lowest BCUT2D eigenvalue weighted by atomic mass is 10.0. The first-order valence-electron chi connectivity index (χ1n) is 11.6. The van der Waals surface area contributed by atoms with Crippen molar-refractivity contribution in [2.75, 3.05) is 0 Å². The fraction of sp³-hybridized carbons (Fsp3) is 0.185. The molecule has 36 heavy (non-hydrogen) atoms. The summed E-state index contributed by atoms with van der Waals surface area (Å²) in [6, 6.07) is 18.6. The molecule has 1 aromatic heterocycles. The molecule has 0 aliphatic carbocycles. The average Bonchev–Trinajstić information content (AvgIpc) is 3.15. The molecule has 0 saturated heterocycles. The maximum atomic E-state index is 12.9. The van der Waals surface area contributed by atoms with Crippen LogP contribution in [0.2, 0.25) is 0 Å². The molecule has 0 radical (unpaired) electrons. The monoisotopic (exact) mass is 479 g/mol. The van der Waals surface area contributed by atoms with E-state index in [2.05, 4.69) is 16.3 Å². The molecular weight excluding hydrogens is 458 g/mol. The van der Waals surface area contributed by atoms with Crippen molar-refractivity contribution in [2.24, 2.45) is 0 Å². The number of nitro benzene ring substituents is 1. The first-order chi connectivity index (χ1) is 17.5. The Morgan fingerprint density at radius 3 is 2.78 bits per heavy atom. The lowest BCUT2D eigenvalue weighted by molar-refractivity contribution is -0.384. The maximum absolute atomic E-state index is 12.9. The van der Waals surface area contributed by atoms with E-state index >= 15 is 0 Å². The highest BCUT2D eigenvalue weighted by Gasteiger charge is 2.20. The van der Waals surface area contributed by atoms with Crippen molar-refractivity contribution >= 4 is 34.1 Å². The van der Waals surface area contributed by atoms with E-state index in [1.807, 2.05) is 34.9 Å². The number of nitrogens with zero attached hydrogens (tertiary/aromatic N) is 5. The predicted molar refractivity (Wildman–Crippen MR) is 133 cm³/mol. The molecule has 0 unspecified atom stereocenters. The third kappa shape index (κ3) is 4.44. The van der Waals surface area contributed by atoms with E-state index in [4.69, 9.17) is 4.74 Å². The van der Waals surface area contributed by atoms with Crippen LogP contribution in [0.25, 0.3) is 22.4 Å². The Kier molecular flexibility index (Phi) is 6.24. The van der Waals surface area contributed by atoms with E-state index < -0.39 is 10.9 Å². The van der Waals surface area contributed by atoms with Gasteiger partial charge in [0.15, 0.2) is 5.82 Å². The Morgan fingerprint density at radius 1 is 1.08 bits per heavy atom. The fourth-order valence-corrected chi connectivity index (χ4v) is 4.39. The maximum Gasteiger partial charge on any atom is 0.343 e. The van der Waals surface area contributed by atoms with Crippen LogP contribution < -0.4 is 4.74 Å². The van der Waals surface area contributed by atoms with Crippen LogP contribution in [0.5, 0.6) is 5.75 Å². The first-order valence-corrected chi connectivity index (χ1v) is 11.6. The predicted octanol–water partition coefficient (Wildman–Crippen LogP) is 5.35. The van der Waals surface area contributed by atoms with Gasteiger partial charge in [0.25, 0.3) is 5.69 Å². The Hall–Kier alpha value is -4.84. The van der Waals surface area contributed by atoms with Gasteiger partial charge in [-0.05, 0) is 41.8 Å². The number of non-ortho nitro benzene ring substituents is 1. The van der Waals surface area contributed by atoms with Gasteiger partial charge in [0, 0.05) is 30.7 Å². The molecule has 9 heteroatoms. The van der Waals surface area contributed by atoms with Crippen molar-refractivity contribution in [3.63, 3.8) is 0 Å². The molecule has 3 aromatic carbocycles. The number of hydrogen-bond donors (Lipinski definition) is 0. The van der Waals surface area contributed by atoms with Gasteiger partial charge in [0.2, 0.25) is 0 Å². The van der Waals surface area contributed by atoms with Crippen LogP contribution >= 0.6 is 0 Å². The number of rotatable bonds is 5. The molecule has 9 nitrogen and oxygen atoms in total. The van der Waals surface area contributed by atoms with Crippen LogP contribution in [0, 0.1) is 21.4 Å². The lowest BCUT2D eigenvalue weighted by Gasteiger charge is -2.12. The Bertz CT molecular complexity index is 1560. The third-order valence-electron chi connectivity index (χ3n) is 6.19. The summed E-state index contributed by atoms with van der Waals surface area (Å²) >= 11 is 0. The highest BCUT2D eigenvalue weighted by Crippen LogP contribution is 2.33. The number of nitriles is 1. The zero-order valence-electron chi connectivity index (χ0n) is 19.3. The number of aromatic nitrogens is 3. The number of ether oxygens (including phenoxy) is 1. The molecular formula is C27H21N5O4. The number of esters is 1. The molecule has 0 amide bonds. The number of hydrogen-bond acceptors (Lipinski definition) is 7. The largest absolute Gasteiger partial charge is 0.422 e. The number of benzene rings is 3. The molecule has 0 fully saturated rings. The van der Waals surface area contributed by atoms with Crippen LogP contribution in [0.3, 0.4) is 0 Å². The molecule has 1 aliphatic heterocycles. The van der Waals surface area contributed by atoms with Crippen LogP contribution in [0.4, 0.5) is 5.69 Å². The number of allylic oxidation sites excluding steroid dienone is 1. The average molecular weight is 479 g/mol. The quantitative estimate of drug-likeness (QED) is 0.124. The smallest absolute Gasteiger partial charge is 0.343 e. The topological polar surface area (TPSA) is 124 Å². The number of fused-ring (bicyclic) bond motifs is 2. The molecule has 0 spiro atoms. The summed E-state index contributed by atoms with van der Waals surface area (Å²) in [5.74, 6) is 0.837. The number of carbonyl (C=O) groups excluding carboxylic acids is 1. The van der Waals surface area contributed by atoms with Gasteiger partial charge in [-0.25, -0.2) is 4.79 Å². The van der Waals surface area contributed by atoms with Gasteiger partial charge in [-0.3, -0.25) is 10.1 Å². The molecule has 0 bridgehead atoms. The molecule has 5 rings (SSSR count). The van der Waals surface area contributed by atoms with Gasteiger partial charge < -0.3 is 9.30 Å². The summed E-state index contributed by atoms with van der Waals surface area (Å²) < 4.78 is 7.70. The fourth-order valence-electron chi connectivity index (χ4n) is 4.39. The minimum Gasteiger partial charge on any atom is -0.422 e. The summed E-state index contributed by atoms with van der Waals surface area (Å²) in [4.78, 5) is 23.5. The van der Waals surface area contributed by atoms with E-state index in [9.17, 15) is 20.2 Å². The van der Waals surface area contributed by atoms with Crippen molar-refractivity contribution in [2.45, 2.75) is 32.2 Å². The lowest BCUT2D eigenvalue weighted by Crippen LogP contribution is -2.10. The van der Waals surface area contributed by atoms with Gasteiger partial charge in [-0.2, -0.15) is 5.26 Å². The standard InChI is InChI=1S/C27H21N5O4/c28-17-20(26-30-29-25-11-2-1-5-14-31(25)26)16-23-22-10-4-3-7-18(22)12-13-24(23)36-27(33)19-8-6-9-21(15-19)32(34)35/h3-4,6-10,12-13,15-16H,1-2,5,11,14H2/b20-16+. The second kappa shape index (κ2) is 9.80. The van der Waals surface area contributed by atoms with Gasteiger partial charge in [0.1, 0.15) is 17.6 Å². The van der Waals surface area contributed by atoms with Gasteiger partial charge >= 0.3 is 5.97 Å². The highest BCUT2D eigenvalue weighted by molar-refractivity contribution is 6.01. The van der Waals surface area contributed by atoms with E-state index in [0.717, 1.165) is 48.8 Å². The van der Waals surface area contributed by atoms with Crippen LogP contribution in [0.15, 0.2) is 60.7 Å². The Balaban J connectivity index is 1.60. The second-order valence-corrected chi connectivity index (χ2v) is 8.47. The van der Waals surface area contributed by atoms with Gasteiger partial charge in [0.05, 0.1) is 16.1 Å². The molecule has 4 aromatic rings. The Labute approximate surface area is 206 Å². The normalized spacial score (nSPS) is 13.5. The van der Waals surface area contributed by atoms with E-state index in [0.29, 0.717) is 17.0 Å². The van der Waals surface area contributed by atoms with E-state index in [-0.39, 0.29) is 17.0 Å². The molecule has 178 valence electrons. The zero-order chi connectivity index (χ0) is 25.1. The third-order valence-corrected chi connectivity index (χ3v) is 6.19. The van der Waals surface area contributed by atoms with E-state index in [1.54, 1.807) is 12.1 Å². The van der Waals surface area contributed by atoms with E-state index in [1.165, 1.54) is 24.3 Å². The van der Waals surface area contributed by atoms with Gasteiger partial charge in [-0.1, -0.05) is 42.8 Å². The highest BCUT2D eigenvalue weighted by atomic mass is 16.6. The van der Waals surface area contributed by atoms with Crippen LogP contribution in [0.1, 0.15) is 46.8 Å². The summed E-state index contributed by atoms with van der Waals surface area (Å²) in [5.41, 5.74) is 0.687. The van der Waals surface area contributed by atoms with Crippen molar-refractivity contribution in [1.82, 2.24) is 14.8 Å². The Morgan fingerprint density at radius 2 is 1.94 bits per heavy atom. The number of aryl methyl sites for hydroxylation is 1. The van der Waals surface area contributed by atoms with Gasteiger partial charge in [-0.15, -0.1) is 10.2 Å². The van der Waals surface area contributed by atoms with Crippen LogP contribution in [-0.4, -0.2) is 25.7 Å². The minimum absolute atomic E-state index is 0.0515. The summed E-state index contributed by atoms with van der Waals surface area (Å²) in [6.07, 6.45) is 5.59. The van der Waals surface area contributed by atoms with Crippen molar-refractivity contribution in [1.29, 1.82) is 5.26 Å². The summed E-state index contributed by atoms with van der Waals surface area (Å²) in [5, 5.41) is 31.5. The van der Waals surface area contributed by atoms with Crippen molar-refractivity contribution in [3.05, 3.63) is 93.6 Å². The number of carbonyl (C=O) groups is 1. The first kappa shape index (κ1) is 22.9. The van der Waals surface area contributed by atoms with Crippen molar-refractivity contribution < 1.29 is 14.5 Å². The SMILES string of the molecule is N#C/C(=C\c1c(OC(=O)c2cccc([N+](=O)[O-])c2)ccc2ccccc12)c1nnc2n1CCCCC2. The van der Waals surface area contributed by atoms with Crippen molar-refractivity contribution in [3.8, 4) is 11.8 Å². The molecule has 0 N–H and O–H groups in total. The number of nitro groups is 1. The molecule has 1 aliphatic rings. The second-order valence-electron chi connectivity index (χ2n) is 8.47. The van der Waals surface area contributed by atoms with Crippen LogP contribution in [-0.2, 0) is 13.0 Å². The summed E-state index contributed by atoms with van der Waals surface area (Å²) in [7, 11) is 0. The molecule has 0 saturated carbocycles. The minimum atomic E-state index is -0.738. The summed E-state index contributed by atoms with van der Waals surface area (Å²) in [6.45, 7) is 0.737. The molecule has 2 heterocycles.